The molecule has 0 spiro atoms. The van der Waals surface area contributed by atoms with Crippen molar-refractivity contribution in [3.05, 3.63) is 32.1 Å². The molecule has 2 aromatic heterocycles. The predicted octanol–water partition coefficient (Wildman–Crippen LogP) is 1.18. The Morgan fingerprint density at radius 3 is 1.89 bits per heavy atom. The largest absolute Gasteiger partial charge is 0.334 e. The molecule has 0 saturated carbocycles. The van der Waals surface area contributed by atoms with Gasteiger partial charge in [0.05, 0.1) is 5.39 Å². The van der Waals surface area contributed by atoms with Gasteiger partial charge in [-0.25, -0.2) is 4.79 Å². The molecule has 0 amide bonds. The van der Waals surface area contributed by atoms with Crippen molar-refractivity contribution in [3.63, 3.8) is 0 Å². The molecule has 0 aliphatic rings. The first-order valence-corrected chi connectivity index (χ1v) is 6.34. The second-order valence-electron chi connectivity index (χ2n) is 6.17. The van der Waals surface area contributed by atoms with E-state index in [0.717, 1.165) is 11.3 Å². The van der Waals surface area contributed by atoms with Crippen molar-refractivity contribution >= 4 is 11.0 Å². The Bertz CT molecular complexity index is 782. The van der Waals surface area contributed by atoms with E-state index in [4.69, 9.17) is 0 Å². The molecule has 0 aliphatic carbocycles. The third-order valence-corrected chi connectivity index (χ3v) is 3.82. The highest BCUT2D eigenvalue weighted by atomic mass is 16.2. The minimum absolute atomic E-state index is 0.146. The standard InChI is InChI=1S/C14H21N3O2/c1-8-10(14(2,3)4)9-11(15(8)5)16(6)13(19)17(7)12(9)18/h1-7H3. The van der Waals surface area contributed by atoms with E-state index in [1.165, 1.54) is 11.6 Å². The van der Waals surface area contributed by atoms with Crippen LogP contribution in [0.25, 0.3) is 11.0 Å². The van der Waals surface area contributed by atoms with Gasteiger partial charge in [0.1, 0.15) is 5.65 Å². The number of aryl methyl sites for hydroxylation is 2. The summed E-state index contributed by atoms with van der Waals surface area (Å²) in [5.74, 6) is 0. The topological polar surface area (TPSA) is 48.9 Å². The summed E-state index contributed by atoms with van der Waals surface area (Å²) in [7, 11) is 5.13. The summed E-state index contributed by atoms with van der Waals surface area (Å²) in [6, 6.07) is 0. The van der Waals surface area contributed by atoms with E-state index < -0.39 is 0 Å². The molecule has 5 nitrogen and oxygen atoms in total. The highest BCUT2D eigenvalue weighted by molar-refractivity contribution is 5.83. The minimum atomic E-state index is -0.293. The fourth-order valence-corrected chi connectivity index (χ4v) is 2.87. The normalized spacial score (nSPS) is 12.4. The fourth-order valence-electron chi connectivity index (χ4n) is 2.87. The van der Waals surface area contributed by atoms with E-state index in [1.807, 2.05) is 18.5 Å². The lowest BCUT2D eigenvalue weighted by Gasteiger charge is -2.19. The van der Waals surface area contributed by atoms with Crippen LogP contribution >= 0.6 is 0 Å². The van der Waals surface area contributed by atoms with Gasteiger partial charge in [-0.2, -0.15) is 0 Å². The molecule has 2 rings (SSSR count). The zero-order valence-electron chi connectivity index (χ0n) is 12.7. The van der Waals surface area contributed by atoms with E-state index >= 15 is 0 Å². The predicted molar refractivity (Wildman–Crippen MR) is 76.8 cm³/mol. The molecule has 104 valence electrons. The maximum atomic E-state index is 12.5. The Morgan fingerprint density at radius 2 is 1.42 bits per heavy atom. The fraction of sp³-hybridized carbons (Fsp3) is 0.571. The summed E-state index contributed by atoms with van der Waals surface area (Å²) < 4.78 is 4.65. The van der Waals surface area contributed by atoms with Gasteiger partial charge in [0, 0.05) is 26.8 Å². The molecule has 0 saturated heterocycles. The van der Waals surface area contributed by atoms with Gasteiger partial charge in [0.25, 0.3) is 5.56 Å². The SMILES string of the molecule is Cc1c(C(C)(C)C)c2c(=O)n(C)c(=O)n(C)c2n1C. The third kappa shape index (κ3) is 1.68. The first-order chi connectivity index (χ1) is 8.59. The smallest absolute Gasteiger partial charge is 0.332 e. The van der Waals surface area contributed by atoms with Gasteiger partial charge >= 0.3 is 5.69 Å². The summed E-state index contributed by atoms with van der Waals surface area (Å²) >= 11 is 0. The molecule has 0 bridgehead atoms. The quantitative estimate of drug-likeness (QED) is 0.716. The Morgan fingerprint density at radius 1 is 0.895 bits per heavy atom. The van der Waals surface area contributed by atoms with Crippen LogP contribution in [0, 0.1) is 6.92 Å². The Labute approximate surface area is 112 Å². The van der Waals surface area contributed by atoms with E-state index in [2.05, 4.69) is 20.8 Å². The second kappa shape index (κ2) is 3.85. The molecule has 19 heavy (non-hydrogen) atoms. The molecule has 0 fully saturated rings. The van der Waals surface area contributed by atoms with Crippen molar-refractivity contribution in [2.75, 3.05) is 0 Å². The highest BCUT2D eigenvalue weighted by Crippen LogP contribution is 2.32. The van der Waals surface area contributed by atoms with Crippen molar-refractivity contribution in [1.29, 1.82) is 0 Å². The van der Waals surface area contributed by atoms with Crippen LogP contribution in [-0.2, 0) is 26.6 Å². The lowest BCUT2D eigenvalue weighted by atomic mass is 9.85. The summed E-state index contributed by atoms with van der Waals surface area (Å²) in [5.41, 5.74) is 2.08. The maximum Gasteiger partial charge on any atom is 0.332 e. The Balaban J connectivity index is 3.25. The number of aromatic nitrogens is 3. The Hall–Kier alpha value is -1.78. The number of fused-ring (bicyclic) bond motifs is 1. The van der Waals surface area contributed by atoms with Crippen molar-refractivity contribution in [1.82, 2.24) is 13.7 Å². The van der Waals surface area contributed by atoms with Gasteiger partial charge in [0.2, 0.25) is 0 Å². The Kier molecular flexibility index (Phi) is 2.77. The lowest BCUT2D eigenvalue weighted by Crippen LogP contribution is -2.37. The van der Waals surface area contributed by atoms with Gasteiger partial charge in [0.15, 0.2) is 0 Å². The van der Waals surface area contributed by atoms with Gasteiger partial charge in [-0.1, -0.05) is 20.8 Å². The molecule has 0 aromatic carbocycles. The zero-order valence-corrected chi connectivity index (χ0v) is 12.7. The van der Waals surface area contributed by atoms with Crippen molar-refractivity contribution in [3.8, 4) is 0 Å². The summed E-state index contributed by atoms with van der Waals surface area (Å²) in [4.78, 5) is 24.5. The number of nitrogens with zero attached hydrogens (tertiary/aromatic N) is 3. The van der Waals surface area contributed by atoms with Crippen molar-refractivity contribution < 1.29 is 0 Å². The number of hydrogen-bond donors (Lipinski definition) is 0. The molecule has 0 radical (unpaired) electrons. The van der Waals surface area contributed by atoms with Crippen molar-refractivity contribution in [2.45, 2.75) is 33.1 Å². The van der Waals surface area contributed by atoms with Crippen LogP contribution in [0.5, 0.6) is 0 Å². The first kappa shape index (κ1) is 13.6. The van der Waals surface area contributed by atoms with Crippen LogP contribution in [0.3, 0.4) is 0 Å². The van der Waals surface area contributed by atoms with Gasteiger partial charge in [-0.3, -0.25) is 13.9 Å². The minimum Gasteiger partial charge on any atom is -0.334 e. The van der Waals surface area contributed by atoms with Crippen LogP contribution in [0.2, 0.25) is 0 Å². The molecule has 2 heterocycles. The van der Waals surface area contributed by atoms with E-state index in [0.29, 0.717) is 11.0 Å². The maximum absolute atomic E-state index is 12.5. The monoisotopic (exact) mass is 263 g/mol. The van der Waals surface area contributed by atoms with Gasteiger partial charge in [-0.15, -0.1) is 0 Å². The van der Waals surface area contributed by atoms with E-state index in [1.54, 1.807) is 11.6 Å². The number of rotatable bonds is 0. The lowest BCUT2D eigenvalue weighted by molar-refractivity contribution is 0.586. The average molecular weight is 263 g/mol. The third-order valence-electron chi connectivity index (χ3n) is 3.82. The summed E-state index contributed by atoms with van der Waals surface area (Å²) in [6.45, 7) is 8.24. The molecule has 0 N–H and O–H groups in total. The second-order valence-corrected chi connectivity index (χ2v) is 6.17. The zero-order chi connectivity index (χ0) is 14.7. The van der Waals surface area contributed by atoms with Gasteiger partial charge < -0.3 is 4.57 Å². The first-order valence-electron chi connectivity index (χ1n) is 6.34. The van der Waals surface area contributed by atoms with Crippen LogP contribution in [-0.4, -0.2) is 13.7 Å². The molecule has 5 heteroatoms. The van der Waals surface area contributed by atoms with Gasteiger partial charge in [-0.05, 0) is 17.9 Å². The van der Waals surface area contributed by atoms with Crippen LogP contribution in [0.4, 0.5) is 0 Å². The molecule has 0 aliphatic heterocycles. The molecular formula is C14H21N3O2. The molecule has 2 aromatic rings. The molecule has 0 unspecified atom stereocenters. The van der Waals surface area contributed by atoms with E-state index in [-0.39, 0.29) is 16.7 Å². The number of hydrogen-bond acceptors (Lipinski definition) is 2. The summed E-state index contributed by atoms with van der Waals surface area (Å²) in [6.07, 6.45) is 0. The molecular weight excluding hydrogens is 242 g/mol. The van der Waals surface area contributed by atoms with Crippen LogP contribution in [0.15, 0.2) is 9.59 Å². The molecule has 0 atom stereocenters. The van der Waals surface area contributed by atoms with Crippen LogP contribution < -0.4 is 11.2 Å². The van der Waals surface area contributed by atoms with Crippen LogP contribution in [0.1, 0.15) is 32.0 Å². The summed E-state index contributed by atoms with van der Waals surface area (Å²) in [5, 5.41) is 0.650. The van der Waals surface area contributed by atoms with E-state index in [9.17, 15) is 9.59 Å². The van der Waals surface area contributed by atoms with Crippen molar-refractivity contribution in [2.24, 2.45) is 21.1 Å². The average Bonchev–Trinajstić information content (AvgIpc) is 2.57. The highest BCUT2D eigenvalue weighted by Gasteiger charge is 2.27.